The topological polar surface area (TPSA) is 87.3 Å². The number of para-hydroxylation sites is 1. The molecule has 0 bridgehead atoms. The maximum absolute atomic E-state index is 12.3. The molecule has 6 heteroatoms. The summed E-state index contributed by atoms with van der Waals surface area (Å²) in [6, 6.07) is 12.3. The minimum absolute atomic E-state index is 0.180. The van der Waals surface area contributed by atoms with Gasteiger partial charge in [0.25, 0.3) is 0 Å². The molecule has 2 rings (SSSR count). The Bertz CT molecular complexity index is 827. The number of hydrogen-bond acceptors (Lipinski definition) is 3. The van der Waals surface area contributed by atoms with Gasteiger partial charge in [0.05, 0.1) is 0 Å². The summed E-state index contributed by atoms with van der Waals surface area (Å²) in [5.74, 6) is -1.45. The standard InChI is InChI=1S/C20H23N3O3/c1-12(2)17-7-5-6-13(3)18(17)23-20(26)19(25)22-16-10-8-15(9-11-16)21-14(4)24/h5-12H,1-4H3,(H,21,24)(H,22,25)(H,23,26). The number of nitrogens with one attached hydrogen (secondary N) is 3. The predicted octanol–water partition coefficient (Wildman–Crippen LogP) is 3.65. The Labute approximate surface area is 153 Å². The van der Waals surface area contributed by atoms with Gasteiger partial charge in [-0.3, -0.25) is 14.4 Å². The van der Waals surface area contributed by atoms with Crippen molar-refractivity contribution in [3.8, 4) is 0 Å². The summed E-state index contributed by atoms with van der Waals surface area (Å²) in [7, 11) is 0. The monoisotopic (exact) mass is 353 g/mol. The molecule has 0 fully saturated rings. The van der Waals surface area contributed by atoms with Gasteiger partial charge in [-0.2, -0.15) is 0 Å². The lowest BCUT2D eigenvalue weighted by molar-refractivity contribution is -0.133. The van der Waals surface area contributed by atoms with Gasteiger partial charge in [-0.05, 0) is 48.2 Å². The molecule has 0 saturated heterocycles. The number of hydrogen-bond donors (Lipinski definition) is 3. The van der Waals surface area contributed by atoms with Gasteiger partial charge in [0.2, 0.25) is 5.91 Å². The SMILES string of the molecule is CC(=O)Nc1ccc(NC(=O)C(=O)Nc2c(C)cccc2C(C)C)cc1. The van der Waals surface area contributed by atoms with Crippen molar-refractivity contribution in [1.82, 2.24) is 0 Å². The number of anilines is 3. The van der Waals surface area contributed by atoms with E-state index < -0.39 is 11.8 Å². The minimum Gasteiger partial charge on any atom is -0.326 e. The van der Waals surface area contributed by atoms with Crippen LogP contribution in [0.5, 0.6) is 0 Å². The van der Waals surface area contributed by atoms with Crippen molar-refractivity contribution in [2.24, 2.45) is 0 Å². The van der Waals surface area contributed by atoms with Crippen LogP contribution in [0.2, 0.25) is 0 Å². The minimum atomic E-state index is -0.754. The zero-order valence-corrected chi connectivity index (χ0v) is 15.3. The first-order valence-corrected chi connectivity index (χ1v) is 8.37. The lowest BCUT2D eigenvalue weighted by atomic mass is 9.98. The third-order valence-corrected chi connectivity index (χ3v) is 3.83. The number of rotatable bonds is 4. The van der Waals surface area contributed by atoms with Crippen LogP contribution in [0.25, 0.3) is 0 Å². The number of amides is 3. The molecular weight excluding hydrogens is 330 g/mol. The highest BCUT2D eigenvalue weighted by Crippen LogP contribution is 2.27. The fourth-order valence-electron chi connectivity index (χ4n) is 2.54. The van der Waals surface area contributed by atoms with Crippen molar-refractivity contribution < 1.29 is 14.4 Å². The normalized spacial score (nSPS) is 10.3. The Morgan fingerprint density at radius 3 is 1.88 bits per heavy atom. The Balaban J connectivity index is 2.07. The summed E-state index contributed by atoms with van der Waals surface area (Å²) >= 11 is 0. The molecule has 26 heavy (non-hydrogen) atoms. The summed E-state index contributed by atoms with van der Waals surface area (Å²) in [6.07, 6.45) is 0. The van der Waals surface area contributed by atoms with Crippen molar-refractivity contribution in [3.63, 3.8) is 0 Å². The lowest BCUT2D eigenvalue weighted by Gasteiger charge is -2.16. The van der Waals surface area contributed by atoms with Crippen LogP contribution in [0, 0.1) is 6.92 Å². The molecule has 0 saturated carbocycles. The van der Waals surface area contributed by atoms with E-state index in [9.17, 15) is 14.4 Å². The van der Waals surface area contributed by atoms with Crippen molar-refractivity contribution >= 4 is 34.8 Å². The average molecular weight is 353 g/mol. The van der Waals surface area contributed by atoms with Gasteiger partial charge in [-0.15, -0.1) is 0 Å². The largest absolute Gasteiger partial charge is 0.326 e. The summed E-state index contributed by atoms with van der Waals surface area (Å²) in [5.41, 5.74) is 3.63. The van der Waals surface area contributed by atoms with E-state index >= 15 is 0 Å². The average Bonchev–Trinajstić information content (AvgIpc) is 2.57. The first-order chi connectivity index (χ1) is 12.3. The Morgan fingerprint density at radius 2 is 1.35 bits per heavy atom. The van der Waals surface area contributed by atoms with Gasteiger partial charge < -0.3 is 16.0 Å². The second-order valence-electron chi connectivity index (χ2n) is 6.36. The molecule has 0 aliphatic rings. The van der Waals surface area contributed by atoms with Crippen LogP contribution in [0.15, 0.2) is 42.5 Å². The van der Waals surface area contributed by atoms with Gasteiger partial charge >= 0.3 is 11.8 Å². The van der Waals surface area contributed by atoms with Crippen LogP contribution in [0.3, 0.4) is 0 Å². The predicted molar refractivity (Wildman–Crippen MR) is 103 cm³/mol. The number of benzene rings is 2. The zero-order valence-electron chi connectivity index (χ0n) is 15.3. The van der Waals surface area contributed by atoms with Crippen molar-refractivity contribution in [2.45, 2.75) is 33.6 Å². The van der Waals surface area contributed by atoms with Crippen LogP contribution >= 0.6 is 0 Å². The number of aryl methyl sites for hydroxylation is 1. The quantitative estimate of drug-likeness (QED) is 0.733. The van der Waals surface area contributed by atoms with E-state index in [0.29, 0.717) is 17.1 Å². The molecule has 0 unspecified atom stereocenters. The summed E-state index contributed by atoms with van der Waals surface area (Å²) in [5, 5.41) is 7.89. The second-order valence-corrected chi connectivity index (χ2v) is 6.36. The van der Waals surface area contributed by atoms with E-state index in [1.165, 1.54) is 6.92 Å². The zero-order chi connectivity index (χ0) is 19.3. The Kier molecular flexibility index (Phi) is 6.11. The number of carbonyl (C=O) groups excluding carboxylic acids is 3. The van der Waals surface area contributed by atoms with Crippen molar-refractivity contribution in [2.75, 3.05) is 16.0 Å². The van der Waals surface area contributed by atoms with E-state index in [4.69, 9.17) is 0 Å². The fraction of sp³-hybridized carbons (Fsp3) is 0.250. The first-order valence-electron chi connectivity index (χ1n) is 8.37. The second kappa shape index (κ2) is 8.29. The third kappa shape index (κ3) is 4.92. The van der Waals surface area contributed by atoms with Gasteiger partial charge in [-0.25, -0.2) is 0 Å². The van der Waals surface area contributed by atoms with E-state index in [1.807, 2.05) is 39.0 Å². The van der Waals surface area contributed by atoms with Gasteiger partial charge in [0.15, 0.2) is 0 Å². The van der Waals surface area contributed by atoms with E-state index in [2.05, 4.69) is 16.0 Å². The number of carbonyl (C=O) groups is 3. The maximum atomic E-state index is 12.3. The van der Waals surface area contributed by atoms with Crippen LogP contribution in [-0.2, 0) is 14.4 Å². The molecule has 2 aromatic rings. The third-order valence-electron chi connectivity index (χ3n) is 3.83. The maximum Gasteiger partial charge on any atom is 0.314 e. The highest BCUT2D eigenvalue weighted by Gasteiger charge is 2.18. The molecular formula is C20H23N3O3. The molecule has 6 nitrogen and oxygen atoms in total. The lowest BCUT2D eigenvalue weighted by Crippen LogP contribution is -2.29. The molecule has 2 aromatic carbocycles. The highest BCUT2D eigenvalue weighted by molar-refractivity contribution is 6.43. The smallest absolute Gasteiger partial charge is 0.314 e. The van der Waals surface area contributed by atoms with Gasteiger partial charge in [0.1, 0.15) is 0 Å². The Hall–Kier alpha value is -3.15. The fourth-order valence-corrected chi connectivity index (χ4v) is 2.54. The highest BCUT2D eigenvalue weighted by atomic mass is 16.2. The van der Waals surface area contributed by atoms with E-state index in [0.717, 1.165) is 11.1 Å². The van der Waals surface area contributed by atoms with E-state index in [1.54, 1.807) is 24.3 Å². The Morgan fingerprint density at radius 1 is 0.808 bits per heavy atom. The summed E-state index contributed by atoms with van der Waals surface area (Å²) < 4.78 is 0. The van der Waals surface area contributed by atoms with Crippen LogP contribution < -0.4 is 16.0 Å². The summed E-state index contributed by atoms with van der Waals surface area (Å²) in [6.45, 7) is 7.36. The molecule has 0 aromatic heterocycles. The van der Waals surface area contributed by atoms with Crippen LogP contribution in [0.4, 0.5) is 17.1 Å². The van der Waals surface area contributed by atoms with E-state index in [-0.39, 0.29) is 11.8 Å². The molecule has 0 atom stereocenters. The van der Waals surface area contributed by atoms with Crippen molar-refractivity contribution in [3.05, 3.63) is 53.6 Å². The molecule has 136 valence electrons. The molecule has 0 radical (unpaired) electrons. The van der Waals surface area contributed by atoms with Gasteiger partial charge in [0, 0.05) is 24.0 Å². The molecule has 3 N–H and O–H groups in total. The first kappa shape index (κ1) is 19.2. The molecule has 0 aliphatic carbocycles. The van der Waals surface area contributed by atoms with Crippen LogP contribution in [-0.4, -0.2) is 17.7 Å². The molecule has 0 heterocycles. The summed E-state index contributed by atoms with van der Waals surface area (Å²) in [4.78, 5) is 35.5. The molecule has 0 spiro atoms. The molecule has 0 aliphatic heterocycles. The van der Waals surface area contributed by atoms with Crippen LogP contribution in [0.1, 0.15) is 37.8 Å². The van der Waals surface area contributed by atoms with Crippen molar-refractivity contribution in [1.29, 1.82) is 0 Å². The molecule has 3 amide bonds. The van der Waals surface area contributed by atoms with Gasteiger partial charge in [-0.1, -0.05) is 32.0 Å².